The molecule has 4 rings (SSSR count). The van der Waals surface area contributed by atoms with E-state index in [2.05, 4.69) is 10.1 Å². The molecule has 0 aliphatic carbocycles. The molecule has 2 heterocycles. The van der Waals surface area contributed by atoms with E-state index in [0.717, 1.165) is 5.56 Å². The number of aromatic nitrogens is 2. The summed E-state index contributed by atoms with van der Waals surface area (Å²) in [6.07, 6.45) is 0. The maximum Gasteiger partial charge on any atom is 0.257 e. The van der Waals surface area contributed by atoms with E-state index in [0.29, 0.717) is 30.4 Å². The van der Waals surface area contributed by atoms with Crippen LogP contribution in [0, 0.1) is 5.82 Å². The minimum absolute atomic E-state index is 0.0654. The quantitative estimate of drug-likeness (QED) is 0.743. The number of nitrogens with zero attached hydrogens (tertiary/aromatic N) is 3. The monoisotopic (exact) mass is 323 g/mol. The molecule has 0 saturated carbocycles. The van der Waals surface area contributed by atoms with Gasteiger partial charge in [0.25, 0.3) is 11.8 Å². The molecule has 24 heavy (non-hydrogen) atoms. The van der Waals surface area contributed by atoms with Crippen LogP contribution >= 0.6 is 0 Å². The largest absolute Gasteiger partial charge is 0.337 e. The molecule has 1 amide bonds. The predicted molar refractivity (Wildman–Crippen MR) is 84.8 cm³/mol. The molecule has 1 aliphatic rings. The van der Waals surface area contributed by atoms with Crippen molar-refractivity contribution < 1.29 is 13.7 Å². The van der Waals surface area contributed by atoms with Crippen molar-refractivity contribution in [1.29, 1.82) is 0 Å². The van der Waals surface area contributed by atoms with Gasteiger partial charge in [0.15, 0.2) is 5.82 Å². The highest BCUT2D eigenvalue weighted by Gasteiger charge is 2.35. The second-order valence-corrected chi connectivity index (χ2v) is 5.74. The average Bonchev–Trinajstić information content (AvgIpc) is 3.04. The van der Waals surface area contributed by atoms with Crippen LogP contribution in [0.15, 0.2) is 59.1 Å². The maximum absolute atomic E-state index is 12.9. The lowest BCUT2D eigenvalue weighted by Gasteiger charge is -2.37. The van der Waals surface area contributed by atoms with E-state index in [1.54, 1.807) is 4.90 Å². The van der Waals surface area contributed by atoms with Gasteiger partial charge in [0.1, 0.15) is 5.82 Å². The molecule has 120 valence electrons. The van der Waals surface area contributed by atoms with Crippen LogP contribution in [0.3, 0.4) is 0 Å². The number of halogens is 1. The van der Waals surface area contributed by atoms with Crippen molar-refractivity contribution in [2.24, 2.45) is 0 Å². The van der Waals surface area contributed by atoms with Crippen molar-refractivity contribution in [1.82, 2.24) is 15.0 Å². The van der Waals surface area contributed by atoms with E-state index in [9.17, 15) is 9.18 Å². The van der Waals surface area contributed by atoms with Gasteiger partial charge in [-0.05, 0) is 36.4 Å². The lowest BCUT2D eigenvalue weighted by atomic mass is 9.98. The van der Waals surface area contributed by atoms with E-state index >= 15 is 0 Å². The van der Waals surface area contributed by atoms with Gasteiger partial charge in [-0.15, -0.1) is 0 Å². The first-order valence-corrected chi connectivity index (χ1v) is 7.64. The molecule has 6 heteroatoms. The highest BCUT2D eigenvalue weighted by atomic mass is 19.1. The van der Waals surface area contributed by atoms with Crippen molar-refractivity contribution in [2.45, 2.75) is 5.92 Å². The highest BCUT2D eigenvalue weighted by Crippen LogP contribution is 2.28. The molecular formula is C18H14FN3O2. The normalized spacial score (nSPS) is 14.5. The molecule has 2 aromatic carbocycles. The zero-order chi connectivity index (χ0) is 16.5. The molecular weight excluding hydrogens is 309 g/mol. The third-order valence-corrected chi connectivity index (χ3v) is 4.09. The van der Waals surface area contributed by atoms with Gasteiger partial charge in [0.05, 0.1) is 5.92 Å². The minimum atomic E-state index is -0.353. The van der Waals surface area contributed by atoms with E-state index in [1.807, 2.05) is 30.3 Å². The third kappa shape index (κ3) is 2.67. The molecule has 0 radical (unpaired) electrons. The predicted octanol–water partition coefficient (Wildman–Crippen LogP) is 3.12. The highest BCUT2D eigenvalue weighted by molar-refractivity contribution is 5.94. The Morgan fingerprint density at radius 2 is 1.79 bits per heavy atom. The van der Waals surface area contributed by atoms with E-state index in [1.165, 1.54) is 24.3 Å². The summed E-state index contributed by atoms with van der Waals surface area (Å²) >= 11 is 0. The lowest BCUT2D eigenvalue weighted by molar-refractivity contribution is 0.0592. The Balaban J connectivity index is 1.42. The average molecular weight is 323 g/mol. The van der Waals surface area contributed by atoms with Gasteiger partial charge < -0.3 is 9.42 Å². The molecule has 0 spiro atoms. The molecule has 1 fully saturated rings. The van der Waals surface area contributed by atoms with Crippen LogP contribution in [0.4, 0.5) is 4.39 Å². The summed E-state index contributed by atoms with van der Waals surface area (Å²) in [6, 6.07) is 15.1. The third-order valence-electron chi connectivity index (χ3n) is 4.09. The first kappa shape index (κ1) is 14.6. The van der Waals surface area contributed by atoms with Gasteiger partial charge in [-0.2, -0.15) is 4.98 Å². The first-order chi connectivity index (χ1) is 11.7. The maximum atomic E-state index is 12.9. The fourth-order valence-electron chi connectivity index (χ4n) is 2.68. The summed E-state index contributed by atoms with van der Waals surface area (Å²) in [4.78, 5) is 18.4. The Morgan fingerprint density at radius 3 is 2.50 bits per heavy atom. The molecule has 3 aromatic rings. The van der Waals surface area contributed by atoms with Crippen molar-refractivity contribution >= 4 is 5.91 Å². The van der Waals surface area contributed by atoms with E-state index in [-0.39, 0.29) is 17.6 Å². The van der Waals surface area contributed by atoms with Gasteiger partial charge in [0.2, 0.25) is 0 Å². The van der Waals surface area contributed by atoms with Crippen LogP contribution in [-0.4, -0.2) is 34.0 Å². The number of rotatable bonds is 3. The van der Waals surface area contributed by atoms with Crippen molar-refractivity contribution in [3.63, 3.8) is 0 Å². The fraction of sp³-hybridized carbons (Fsp3) is 0.167. The number of hydrogen-bond donors (Lipinski definition) is 0. The Labute approximate surface area is 137 Å². The SMILES string of the molecule is O=C(c1ccc(F)cc1)N1CC(c2noc(-c3ccccc3)n2)C1. The number of hydrogen-bond acceptors (Lipinski definition) is 4. The van der Waals surface area contributed by atoms with Gasteiger partial charge in [0, 0.05) is 24.2 Å². The van der Waals surface area contributed by atoms with Crippen LogP contribution in [0.2, 0.25) is 0 Å². The lowest BCUT2D eigenvalue weighted by Crippen LogP contribution is -2.48. The Hall–Kier alpha value is -3.02. The van der Waals surface area contributed by atoms with Gasteiger partial charge >= 0.3 is 0 Å². The van der Waals surface area contributed by atoms with E-state index in [4.69, 9.17) is 4.52 Å². The summed E-state index contributed by atoms with van der Waals surface area (Å²) in [5.41, 5.74) is 1.35. The second-order valence-electron chi connectivity index (χ2n) is 5.74. The molecule has 1 saturated heterocycles. The number of likely N-dealkylation sites (tertiary alicyclic amines) is 1. The number of carbonyl (C=O) groups excluding carboxylic acids is 1. The smallest absolute Gasteiger partial charge is 0.257 e. The molecule has 0 N–H and O–H groups in total. The van der Waals surface area contributed by atoms with Gasteiger partial charge in [-0.3, -0.25) is 4.79 Å². The Kier molecular flexibility index (Phi) is 3.57. The zero-order valence-electron chi connectivity index (χ0n) is 12.7. The summed E-state index contributed by atoms with van der Waals surface area (Å²) in [5, 5.41) is 4.02. The topological polar surface area (TPSA) is 59.2 Å². The van der Waals surface area contributed by atoms with Crippen LogP contribution in [0.25, 0.3) is 11.5 Å². The first-order valence-electron chi connectivity index (χ1n) is 7.64. The zero-order valence-corrected chi connectivity index (χ0v) is 12.7. The van der Waals surface area contributed by atoms with Gasteiger partial charge in [-0.1, -0.05) is 23.4 Å². The van der Waals surface area contributed by atoms with Crippen molar-refractivity contribution in [3.05, 3.63) is 71.8 Å². The molecule has 0 atom stereocenters. The van der Waals surface area contributed by atoms with E-state index < -0.39 is 0 Å². The van der Waals surface area contributed by atoms with Crippen LogP contribution in [0.1, 0.15) is 22.1 Å². The Morgan fingerprint density at radius 1 is 1.08 bits per heavy atom. The summed E-state index contributed by atoms with van der Waals surface area (Å²) < 4.78 is 18.2. The van der Waals surface area contributed by atoms with Crippen molar-refractivity contribution in [2.75, 3.05) is 13.1 Å². The number of carbonyl (C=O) groups is 1. The molecule has 5 nitrogen and oxygen atoms in total. The molecule has 1 aromatic heterocycles. The van der Waals surface area contributed by atoms with Crippen LogP contribution in [0.5, 0.6) is 0 Å². The fourth-order valence-corrected chi connectivity index (χ4v) is 2.68. The Bertz CT molecular complexity index is 855. The van der Waals surface area contributed by atoms with Gasteiger partial charge in [-0.25, -0.2) is 4.39 Å². The van der Waals surface area contributed by atoms with Crippen molar-refractivity contribution in [3.8, 4) is 11.5 Å². The molecule has 0 bridgehead atoms. The number of benzene rings is 2. The summed E-state index contributed by atoms with van der Waals surface area (Å²) in [6.45, 7) is 1.06. The molecule has 0 unspecified atom stereocenters. The minimum Gasteiger partial charge on any atom is -0.337 e. The standard InChI is InChI=1S/C18H14FN3O2/c19-15-8-6-13(7-9-15)18(23)22-10-14(11-22)16-20-17(24-21-16)12-4-2-1-3-5-12/h1-9,14H,10-11H2. The second kappa shape index (κ2) is 5.88. The molecule has 1 aliphatic heterocycles. The van der Waals surface area contributed by atoms with Crippen LogP contribution < -0.4 is 0 Å². The van der Waals surface area contributed by atoms with Crippen LogP contribution in [-0.2, 0) is 0 Å². The summed E-state index contributed by atoms with van der Waals surface area (Å²) in [7, 11) is 0. The summed E-state index contributed by atoms with van der Waals surface area (Å²) in [5.74, 6) is 0.688. The number of amides is 1.